The standard InChI is InChI=1S/C32H31ClF3N7/c1-5-19-16-38-28-23(27(19)39-18-30(2,3)32(34,35)36)14-20(15-24(28)33)40-29(26-17-43(42-41-26)31(4)11-12-31)22-8-6-10-25-21(22)9-7-13-37-25/h1,6-10,13-17,29,40-42H,11-12,18H2,2-4H3,(H,38,39)/t29-/m0/s1. The van der Waals surface area contributed by atoms with E-state index >= 15 is 0 Å². The van der Waals surface area contributed by atoms with E-state index in [0.717, 1.165) is 48.9 Å². The number of anilines is 2. The zero-order valence-corrected chi connectivity index (χ0v) is 24.7. The lowest BCUT2D eigenvalue weighted by molar-refractivity contribution is -0.206. The van der Waals surface area contributed by atoms with E-state index in [-0.39, 0.29) is 18.1 Å². The van der Waals surface area contributed by atoms with Crippen LogP contribution in [0.3, 0.4) is 0 Å². The van der Waals surface area contributed by atoms with E-state index in [9.17, 15) is 13.2 Å². The van der Waals surface area contributed by atoms with Crippen LogP contribution in [0, 0.1) is 17.8 Å². The van der Waals surface area contributed by atoms with Gasteiger partial charge in [-0.2, -0.15) is 13.2 Å². The molecule has 4 aromatic rings. The number of nitrogens with one attached hydrogen (secondary N) is 4. The van der Waals surface area contributed by atoms with Gasteiger partial charge < -0.3 is 16.1 Å². The van der Waals surface area contributed by atoms with Crippen LogP contribution < -0.4 is 21.6 Å². The molecule has 6 rings (SSSR count). The highest BCUT2D eigenvalue weighted by Crippen LogP contribution is 2.43. The molecule has 0 amide bonds. The number of rotatable bonds is 8. The fourth-order valence-electron chi connectivity index (χ4n) is 5.11. The van der Waals surface area contributed by atoms with Crippen LogP contribution in [0.2, 0.25) is 5.02 Å². The lowest BCUT2D eigenvalue weighted by atomic mass is 9.92. The Morgan fingerprint density at radius 3 is 2.65 bits per heavy atom. The van der Waals surface area contributed by atoms with Gasteiger partial charge in [0, 0.05) is 41.6 Å². The molecule has 0 radical (unpaired) electrons. The number of hydrogen-bond acceptors (Lipinski definition) is 7. The summed E-state index contributed by atoms with van der Waals surface area (Å²) in [4.78, 5) is 8.97. The van der Waals surface area contributed by atoms with Gasteiger partial charge in [0.15, 0.2) is 0 Å². The van der Waals surface area contributed by atoms with E-state index in [1.807, 2.05) is 36.4 Å². The lowest BCUT2D eigenvalue weighted by Crippen LogP contribution is -2.43. The molecular formula is C32H31ClF3N7. The number of hydrazine groups is 2. The van der Waals surface area contributed by atoms with E-state index in [0.29, 0.717) is 32.9 Å². The van der Waals surface area contributed by atoms with Crippen LogP contribution in [0.1, 0.15) is 50.8 Å². The highest BCUT2D eigenvalue weighted by molar-refractivity contribution is 6.35. The van der Waals surface area contributed by atoms with Gasteiger partial charge in [0.2, 0.25) is 0 Å². The number of benzene rings is 2. The first-order valence-electron chi connectivity index (χ1n) is 13.9. The number of aromatic nitrogens is 2. The summed E-state index contributed by atoms with van der Waals surface area (Å²) in [7, 11) is 0. The summed E-state index contributed by atoms with van der Waals surface area (Å²) in [5.41, 5.74) is 9.12. The van der Waals surface area contributed by atoms with Crippen LogP contribution in [0.25, 0.3) is 21.8 Å². The predicted octanol–water partition coefficient (Wildman–Crippen LogP) is 7.29. The van der Waals surface area contributed by atoms with Crippen LogP contribution >= 0.6 is 11.6 Å². The van der Waals surface area contributed by atoms with Crippen molar-refractivity contribution < 1.29 is 13.2 Å². The number of alkyl halides is 3. The first-order chi connectivity index (χ1) is 20.4. The number of hydrogen-bond donors (Lipinski definition) is 4. The minimum atomic E-state index is -4.41. The number of nitrogens with zero attached hydrogens (tertiary/aromatic N) is 3. The quantitative estimate of drug-likeness (QED) is 0.157. The highest BCUT2D eigenvalue weighted by atomic mass is 35.5. The molecule has 2 aromatic heterocycles. The summed E-state index contributed by atoms with van der Waals surface area (Å²) in [6.45, 7) is 4.09. The number of pyridine rings is 2. The van der Waals surface area contributed by atoms with Crippen LogP contribution in [0.4, 0.5) is 24.5 Å². The van der Waals surface area contributed by atoms with E-state index in [4.69, 9.17) is 18.0 Å². The molecule has 1 aliphatic heterocycles. The highest BCUT2D eigenvalue weighted by Gasteiger charge is 2.47. The Kier molecular flexibility index (Phi) is 7.06. The van der Waals surface area contributed by atoms with Crippen molar-refractivity contribution >= 4 is 44.8 Å². The third-order valence-corrected chi connectivity index (χ3v) is 8.60. The molecule has 2 aromatic carbocycles. The minimum Gasteiger partial charge on any atom is -0.383 e. The van der Waals surface area contributed by atoms with Crippen molar-refractivity contribution in [2.24, 2.45) is 5.41 Å². The molecule has 1 atom stereocenters. The SMILES string of the molecule is C#Cc1cnc2c(Cl)cc(N[C@H](C3=CN(C4(C)CC4)NN3)c3cccc4ncccc34)cc2c1NCC(C)(C)C(F)(F)F. The molecule has 1 saturated carbocycles. The van der Waals surface area contributed by atoms with Crippen LogP contribution in [-0.2, 0) is 0 Å². The van der Waals surface area contributed by atoms with Gasteiger partial charge in [-0.3, -0.25) is 15.0 Å². The molecule has 222 valence electrons. The maximum absolute atomic E-state index is 13.7. The van der Waals surface area contributed by atoms with Crippen molar-refractivity contribution in [1.82, 2.24) is 25.9 Å². The van der Waals surface area contributed by atoms with E-state index in [2.05, 4.69) is 55.6 Å². The van der Waals surface area contributed by atoms with Gasteiger partial charge in [-0.25, -0.2) is 0 Å². The molecule has 0 saturated heterocycles. The molecule has 0 spiro atoms. The van der Waals surface area contributed by atoms with E-state index in [1.165, 1.54) is 6.20 Å². The smallest absolute Gasteiger partial charge is 0.383 e. The molecule has 4 N–H and O–H groups in total. The third kappa shape index (κ3) is 5.39. The molecular weight excluding hydrogens is 575 g/mol. The Morgan fingerprint density at radius 2 is 1.93 bits per heavy atom. The molecule has 0 bridgehead atoms. The van der Waals surface area contributed by atoms with Crippen molar-refractivity contribution in [3.63, 3.8) is 0 Å². The zero-order valence-electron chi connectivity index (χ0n) is 23.9. The zero-order chi connectivity index (χ0) is 30.6. The summed E-state index contributed by atoms with van der Waals surface area (Å²) in [6.07, 6.45) is 8.76. The van der Waals surface area contributed by atoms with Gasteiger partial charge in [-0.15, -0.1) is 12.0 Å². The van der Waals surface area contributed by atoms with Gasteiger partial charge in [-0.1, -0.05) is 35.7 Å². The van der Waals surface area contributed by atoms with E-state index < -0.39 is 11.6 Å². The summed E-state index contributed by atoms with van der Waals surface area (Å²) >= 11 is 6.75. The van der Waals surface area contributed by atoms with Gasteiger partial charge in [0.05, 0.1) is 50.0 Å². The normalized spacial score (nSPS) is 16.9. The second-order valence-corrected chi connectivity index (χ2v) is 12.4. The van der Waals surface area contributed by atoms with Crippen molar-refractivity contribution in [3.05, 3.63) is 82.9 Å². The molecule has 1 aliphatic carbocycles. The van der Waals surface area contributed by atoms with Crippen molar-refractivity contribution in [3.8, 4) is 12.3 Å². The molecule has 1 fully saturated rings. The summed E-state index contributed by atoms with van der Waals surface area (Å²) in [5, 5.41) is 10.5. The third-order valence-electron chi connectivity index (χ3n) is 8.31. The number of fused-ring (bicyclic) bond motifs is 2. The summed E-state index contributed by atoms with van der Waals surface area (Å²) in [5.74, 6) is 2.55. The van der Waals surface area contributed by atoms with Gasteiger partial charge in [0.25, 0.3) is 0 Å². The molecule has 7 nitrogen and oxygen atoms in total. The summed E-state index contributed by atoms with van der Waals surface area (Å²) < 4.78 is 41.0. The summed E-state index contributed by atoms with van der Waals surface area (Å²) in [6, 6.07) is 13.1. The molecule has 43 heavy (non-hydrogen) atoms. The van der Waals surface area contributed by atoms with Crippen LogP contribution in [0.5, 0.6) is 0 Å². The maximum Gasteiger partial charge on any atom is 0.395 e. The number of terminal acetylenes is 1. The Labute approximate surface area is 252 Å². The maximum atomic E-state index is 13.7. The Balaban J connectivity index is 1.44. The Bertz CT molecular complexity index is 1780. The second-order valence-electron chi connectivity index (χ2n) is 12.0. The predicted molar refractivity (Wildman–Crippen MR) is 165 cm³/mol. The Hall–Kier alpha value is -4.20. The average Bonchev–Trinajstić information content (AvgIpc) is 3.52. The minimum absolute atomic E-state index is 0.0356. The monoisotopic (exact) mass is 605 g/mol. The largest absolute Gasteiger partial charge is 0.395 e. The van der Waals surface area contributed by atoms with Crippen molar-refractivity contribution in [1.29, 1.82) is 0 Å². The fraction of sp³-hybridized carbons (Fsp3) is 0.312. The molecule has 2 aliphatic rings. The number of halogens is 4. The molecule has 11 heteroatoms. The fourth-order valence-corrected chi connectivity index (χ4v) is 5.38. The molecule has 3 heterocycles. The van der Waals surface area contributed by atoms with E-state index in [1.54, 1.807) is 12.3 Å². The van der Waals surface area contributed by atoms with Gasteiger partial charge in [0.1, 0.15) is 0 Å². The first kappa shape index (κ1) is 28.9. The van der Waals surface area contributed by atoms with Crippen molar-refractivity contribution in [2.75, 3.05) is 17.2 Å². The lowest BCUT2D eigenvalue weighted by Gasteiger charge is -2.29. The molecule has 0 unspecified atom stereocenters. The van der Waals surface area contributed by atoms with Gasteiger partial charge >= 0.3 is 6.18 Å². The first-order valence-corrected chi connectivity index (χ1v) is 14.3. The van der Waals surface area contributed by atoms with Crippen LogP contribution in [-0.4, -0.2) is 33.2 Å². The van der Waals surface area contributed by atoms with Crippen LogP contribution in [0.15, 0.2) is 66.8 Å². The topological polar surface area (TPSA) is 77.1 Å². The van der Waals surface area contributed by atoms with Gasteiger partial charge in [-0.05, 0) is 63.4 Å². The van der Waals surface area contributed by atoms with Crippen molar-refractivity contribution in [2.45, 2.75) is 51.4 Å². The second kappa shape index (κ2) is 10.5. The average molecular weight is 606 g/mol. The Morgan fingerprint density at radius 1 is 1.14 bits per heavy atom.